The number of hydrogen-bond acceptors (Lipinski definition) is 1. The third-order valence-electron chi connectivity index (χ3n) is 3.20. The molecule has 2 N–H and O–H groups in total. The molecular weight excluding hydrogens is 245 g/mol. The highest BCUT2D eigenvalue weighted by Gasteiger charge is 2.39. The second-order valence-corrected chi connectivity index (χ2v) is 4.88. The molecule has 0 aromatic heterocycles. The minimum Gasteiger partial charge on any atom is -0.330 e. The fourth-order valence-electron chi connectivity index (χ4n) is 2.09. The molecule has 1 aromatic carbocycles. The van der Waals surface area contributed by atoms with Gasteiger partial charge in [0.25, 0.3) is 0 Å². The van der Waals surface area contributed by atoms with Crippen LogP contribution in [0.4, 0.5) is 4.39 Å². The molecule has 1 saturated carbocycles. The van der Waals surface area contributed by atoms with Crippen molar-refractivity contribution in [3.8, 4) is 0 Å². The molecule has 0 aliphatic heterocycles. The first-order valence-electron chi connectivity index (χ1n) is 4.83. The lowest BCUT2D eigenvalue weighted by atomic mass is 9.64. The van der Waals surface area contributed by atoms with E-state index in [4.69, 9.17) is 5.73 Å². The zero-order chi connectivity index (χ0) is 10.2. The predicted octanol–water partition coefficient (Wildman–Crippen LogP) is 2.97. The molecule has 14 heavy (non-hydrogen) atoms. The van der Waals surface area contributed by atoms with Crippen LogP contribution in [0.25, 0.3) is 0 Å². The van der Waals surface area contributed by atoms with Crippen molar-refractivity contribution in [3.63, 3.8) is 0 Å². The van der Waals surface area contributed by atoms with Gasteiger partial charge in [-0.2, -0.15) is 0 Å². The van der Waals surface area contributed by atoms with Crippen LogP contribution in [0.1, 0.15) is 24.8 Å². The van der Waals surface area contributed by atoms with Gasteiger partial charge in [0.1, 0.15) is 5.82 Å². The topological polar surface area (TPSA) is 26.0 Å². The second-order valence-electron chi connectivity index (χ2n) is 3.96. The highest BCUT2D eigenvalue weighted by atomic mass is 79.9. The Morgan fingerprint density at radius 1 is 1.43 bits per heavy atom. The van der Waals surface area contributed by atoms with Crippen LogP contribution in [0, 0.1) is 5.82 Å². The van der Waals surface area contributed by atoms with Crippen molar-refractivity contribution in [2.75, 3.05) is 6.54 Å². The van der Waals surface area contributed by atoms with Gasteiger partial charge in [-0.3, -0.25) is 0 Å². The summed E-state index contributed by atoms with van der Waals surface area (Å²) >= 11 is 3.36. The van der Waals surface area contributed by atoms with Gasteiger partial charge in [0.15, 0.2) is 0 Å². The Bertz CT molecular complexity index is 342. The molecule has 0 unspecified atom stereocenters. The monoisotopic (exact) mass is 257 g/mol. The maximum atomic E-state index is 13.6. The lowest BCUT2D eigenvalue weighted by Gasteiger charge is -2.41. The van der Waals surface area contributed by atoms with E-state index in [-0.39, 0.29) is 11.2 Å². The summed E-state index contributed by atoms with van der Waals surface area (Å²) in [5, 5.41) is 0. The molecule has 0 radical (unpaired) electrons. The molecular formula is C11H13BrFN. The maximum absolute atomic E-state index is 13.6. The number of hydrogen-bond donors (Lipinski definition) is 1. The normalized spacial score (nSPS) is 19.1. The Labute approximate surface area is 91.6 Å². The van der Waals surface area contributed by atoms with E-state index in [1.165, 1.54) is 6.07 Å². The maximum Gasteiger partial charge on any atom is 0.127 e. The Morgan fingerprint density at radius 3 is 2.64 bits per heavy atom. The lowest BCUT2D eigenvalue weighted by molar-refractivity contribution is 0.244. The van der Waals surface area contributed by atoms with Gasteiger partial charge in [-0.15, -0.1) is 0 Å². The van der Waals surface area contributed by atoms with Gasteiger partial charge in [0, 0.05) is 16.4 Å². The molecule has 1 nitrogen and oxygen atoms in total. The predicted molar refractivity (Wildman–Crippen MR) is 58.7 cm³/mol. The Morgan fingerprint density at radius 2 is 2.14 bits per heavy atom. The zero-order valence-electron chi connectivity index (χ0n) is 7.89. The van der Waals surface area contributed by atoms with E-state index >= 15 is 0 Å². The van der Waals surface area contributed by atoms with E-state index in [1.807, 2.05) is 6.07 Å². The van der Waals surface area contributed by atoms with Crippen molar-refractivity contribution in [2.24, 2.45) is 5.73 Å². The first kappa shape index (κ1) is 10.1. The molecule has 0 bridgehead atoms. The van der Waals surface area contributed by atoms with Crippen molar-refractivity contribution in [1.29, 1.82) is 0 Å². The summed E-state index contributed by atoms with van der Waals surface area (Å²) in [6.07, 6.45) is 3.18. The van der Waals surface area contributed by atoms with E-state index in [1.54, 1.807) is 6.07 Å². The number of halogens is 2. The molecule has 1 aromatic rings. The van der Waals surface area contributed by atoms with Crippen molar-refractivity contribution in [3.05, 3.63) is 34.1 Å². The van der Waals surface area contributed by atoms with Gasteiger partial charge < -0.3 is 5.73 Å². The van der Waals surface area contributed by atoms with Crippen LogP contribution in [-0.4, -0.2) is 6.54 Å². The summed E-state index contributed by atoms with van der Waals surface area (Å²) < 4.78 is 14.5. The van der Waals surface area contributed by atoms with Crippen LogP contribution in [0.3, 0.4) is 0 Å². The smallest absolute Gasteiger partial charge is 0.127 e. The molecule has 1 aliphatic rings. The molecule has 0 saturated heterocycles. The quantitative estimate of drug-likeness (QED) is 0.867. The highest BCUT2D eigenvalue weighted by Crippen LogP contribution is 2.44. The van der Waals surface area contributed by atoms with Gasteiger partial charge in [-0.1, -0.05) is 22.4 Å². The third kappa shape index (κ3) is 1.48. The van der Waals surface area contributed by atoms with Crippen LogP contribution < -0.4 is 5.73 Å². The molecule has 0 spiro atoms. The van der Waals surface area contributed by atoms with E-state index in [9.17, 15) is 4.39 Å². The van der Waals surface area contributed by atoms with Crippen LogP contribution in [-0.2, 0) is 5.41 Å². The molecule has 3 heteroatoms. The first-order valence-corrected chi connectivity index (χ1v) is 5.63. The van der Waals surface area contributed by atoms with E-state index < -0.39 is 0 Å². The SMILES string of the molecule is NCC1(c2cc(Br)ccc2F)CCC1. The third-order valence-corrected chi connectivity index (χ3v) is 3.69. The summed E-state index contributed by atoms with van der Waals surface area (Å²) in [6, 6.07) is 5.10. The van der Waals surface area contributed by atoms with Crippen LogP contribution in [0.15, 0.2) is 22.7 Å². The fraction of sp³-hybridized carbons (Fsp3) is 0.455. The van der Waals surface area contributed by atoms with Gasteiger partial charge in [-0.25, -0.2) is 4.39 Å². The van der Waals surface area contributed by atoms with E-state index in [2.05, 4.69) is 15.9 Å². The largest absolute Gasteiger partial charge is 0.330 e. The van der Waals surface area contributed by atoms with Crippen molar-refractivity contribution in [2.45, 2.75) is 24.7 Å². The lowest BCUT2D eigenvalue weighted by Crippen LogP contribution is -2.42. The fourth-order valence-corrected chi connectivity index (χ4v) is 2.45. The first-order chi connectivity index (χ1) is 6.68. The minimum atomic E-state index is -0.127. The molecule has 0 heterocycles. The number of rotatable bonds is 2. The van der Waals surface area contributed by atoms with Crippen molar-refractivity contribution in [1.82, 2.24) is 0 Å². The molecule has 1 fully saturated rings. The summed E-state index contributed by atoms with van der Waals surface area (Å²) in [5.41, 5.74) is 6.43. The van der Waals surface area contributed by atoms with Crippen molar-refractivity contribution >= 4 is 15.9 Å². The molecule has 1 aliphatic carbocycles. The van der Waals surface area contributed by atoms with Gasteiger partial charge in [-0.05, 0) is 36.6 Å². The zero-order valence-corrected chi connectivity index (χ0v) is 9.48. The summed E-state index contributed by atoms with van der Waals surface area (Å²) in [7, 11) is 0. The van der Waals surface area contributed by atoms with Gasteiger partial charge >= 0.3 is 0 Å². The average Bonchev–Trinajstić information content (AvgIpc) is 2.10. The number of nitrogens with two attached hydrogens (primary N) is 1. The van der Waals surface area contributed by atoms with E-state index in [0.29, 0.717) is 6.54 Å². The Balaban J connectivity index is 2.43. The molecule has 0 amide bonds. The summed E-state index contributed by atoms with van der Waals surface area (Å²) in [5.74, 6) is -0.127. The highest BCUT2D eigenvalue weighted by molar-refractivity contribution is 9.10. The summed E-state index contributed by atoms with van der Waals surface area (Å²) in [4.78, 5) is 0. The Hall–Kier alpha value is -0.410. The van der Waals surface area contributed by atoms with Crippen LogP contribution >= 0.6 is 15.9 Å². The Kier molecular flexibility index (Phi) is 2.62. The molecule has 2 rings (SSSR count). The van der Waals surface area contributed by atoms with E-state index in [0.717, 1.165) is 29.3 Å². The van der Waals surface area contributed by atoms with Crippen LogP contribution in [0.5, 0.6) is 0 Å². The van der Waals surface area contributed by atoms with Gasteiger partial charge in [0.2, 0.25) is 0 Å². The number of benzene rings is 1. The van der Waals surface area contributed by atoms with Gasteiger partial charge in [0.05, 0.1) is 0 Å². The van der Waals surface area contributed by atoms with Crippen LogP contribution in [0.2, 0.25) is 0 Å². The summed E-state index contributed by atoms with van der Waals surface area (Å²) in [6.45, 7) is 0.542. The van der Waals surface area contributed by atoms with Crippen molar-refractivity contribution < 1.29 is 4.39 Å². The molecule has 0 atom stereocenters. The second kappa shape index (κ2) is 3.63. The average molecular weight is 258 g/mol. The minimum absolute atomic E-state index is 0.0894. The standard InChI is InChI=1S/C11H13BrFN/c12-8-2-3-10(13)9(6-8)11(7-14)4-1-5-11/h2-3,6H,1,4-5,7,14H2. The molecule has 76 valence electrons.